The molecule has 0 saturated carbocycles. The van der Waals surface area contributed by atoms with Crippen molar-refractivity contribution in [2.45, 2.75) is 0 Å². The molecule has 0 rings (SSSR count). The van der Waals surface area contributed by atoms with Crippen molar-refractivity contribution in [3.8, 4) is 0 Å². The fourth-order valence-corrected chi connectivity index (χ4v) is 2.31. The molecule has 0 aliphatic carbocycles. The molecule has 0 heterocycles. The second kappa shape index (κ2) is 10.0. The van der Waals surface area contributed by atoms with E-state index in [-0.39, 0.29) is 21.4 Å². The van der Waals surface area contributed by atoms with Gasteiger partial charge in [-0.2, -0.15) is 13.5 Å². The van der Waals surface area contributed by atoms with Crippen LogP contribution in [-0.4, -0.2) is 18.5 Å². The molecule has 0 amide bonds. The average molecular weight is 188 g/mol. The normalized spacial score (nSPS) is 8.45. The molecule has 0 unspecified atom stereocenters. The standard InChI is InChI=1S/C9H15P.H2S/c1-4-7-10(8-5-2)9-6-3;/h4-6H,1-3,7-9H2;1H2. The lowest BCUT2D eigenvalue weighted by atomic mass is 10.7. The molecule has 0 aromatic carbocycles. The van der Waals surface area contributed by atoms with Gasteiger partial charge in [-0.3, -0.25) is 0 Å². The van der Waals surface area contributed by atoms with Gasteiger partial charge in [-0.05, 0) is 18.5 Å². The van der Waals surface area contributed by atoms with Crippen LogP contribution in [0.25, 0.3) is 0 Å². The molecule has 0 fully saturated rings. The Bertz CT molecular complexity index is 97.0. The zero-order chi connectivity index (χ0) is 7.82. The Balaban J connectivity index is 0. The highest BCUT2D eigenvalue weighted by Crippen LogP contribution is 2.34. The third-order valence-corrected chi connectivity index (χ3v) is 3.49. The first-order valence-corrected chi connectivity index (χ1v) is 5.30. The van der Waals surface area contributed by atoms with E-state index in [9.17, 15) is 0 Å². The lowest BCUT2D eigenvalue weighted by molar-refractivity contribution is 1.59. The first-order chi connectivity index (χ1) is 4.85. The minimum absolute atomic E-state index is 0. The molecule has 0 bridgehead atoms. The highest BCUT2D eigenvalue weighted by atomic mass is 32.1. The van der Waals surface area contributed by atoms with Crippen molar-refractivity contribution in [3.63, 3.8) is 0 Å². The molecule has 0 aliphatic heterocycles. The molecule has 64 valence electrons. The second-order valence-corrected chi connectivity index (χ2v) is 4.52. The van der Waals surface area contributed by atoms with Gasteiger partial charge in [0.05, 0.1) is 0 Å². The maximum absolute atomic E-state index is 3.71. The summed E-state index contributed by atoms with van der Waals surface area (Å²) in [6.45, 7) is 11.1. The summed E-state index contributed by atoms with van der Waals surface area (Å²) in [4.78, 5) is 0. The van der Waals surface area contributed by atoms with E-state index in [1.54, 1.807) is 0 Å². The fraction of sp³-hybridized carbons (Fsp3) is 0.333. The first kappa shape index (κ1) is 13.6. The number of hydrogen-bond donors (Lipinski definition) is 0. The molecule has 0 N–H and O–H groups in total. The van der Waals surface area contributed by atoms with E-state index >= 15 is 0 Å². The molecule has 0 spiro atoms. The van der Waals surface area contributed by atoms with E-state index in [2.05, 4.69) is 19.7 Å². The summed E-state index contributed by atoms with van der Waals surface area (Å²) in [7, 11) is 0.0849. The van der Waals surface area contributed by atoms with Gasteiger partial charge in [0.1, 0.15) is 0 Å². The van der Waals surface area contributed by atoms with Crippen molar-refractivity contribution in [3.05, 3.63) is 38.0 Å². The minimum Gasteiger partial charge on any atom is -0.197 e. The quantitative estimate of drug-likeness (QED) is 0.444. The summed E-state index contributed by atoms with van der Waals surface area (Å²) >= 11 is 0. The minimum atomic E-state index is 0. The van der Waals surface area contributed by atoms with Crippen LogP contribution in [0.3, 0.4) is 0 Å². The molecular weight excluding hydrogens is 171 g/mol. The Morgan fingerprint density at radius 2 is 1.09 bits per heavy atom. The molecular formula is C9H17PS. The van der Waals surface area contributed by atoms with Gasteiger partial charge in [0.2, 0.25) is 0 Å². The maximum atomic E-state index is 3.71. The van der Waals surface area contributed by atoms with Crippen molar-refractivity contribution in [2.24, 2.45) is 0 Å². The van der Waals surface area contributed by atoms with Gasteiger partial charge in [0, 0.05) is 0 Å². The van der Waals surface area contributed by atoms with Gasteiger partial charge in [-0.1, -0.05) is 26.1 Å². The Kier molecular flexibility index (Phi) is 12.3. The summed E-state index contributed by atoms with van der Waals surface area (Å²) in [6, 6.07) is 0. The van der Waals surface area contributed by atoms with Crippen LogP contribution in [0.2, 0.25) is 0 Å². The van der Waals surface area contributed by atoms with Gasteiger partial charge in [0.15, 0.2) is 0 Å². The number of hydrogen-bond acceptors (Lipinski definition) is 0. The Hall–Kier alpha value is -0.0000000000000000555. The molecule has 0 saturated heterocycles. The topological polar surface area (TPSA) is 0 Å². The van der Waals surface area contributed by atoms with Crippen molar-refractivity contribution in [1.29, 1.82) is 0 Å². The molecule has 2 heteroatoms. The Labute approximate surface area is 78.3 Å². The first-order valence-electron chi connectivity index (χ1n) is 3.40. The van der Waals surface area contributed by atoms with Crippen LogP contribution < -0.4 is 0 Å². The van der Waals surface area contributed by atoms with Crippen LogP contribution in [0.15, 0.2) is 38.0 Å². The third-order valence-electron chi connectivity index (χ3n) is 1.16. The largest absolute Gasteiger partial charge is 0.197 e. The highest BCUT2D eigenvalue weighted by molar-refractivity contribution is 7.59. The van der Waals surface area contributed by atoms with Gasteiger partial charge in [0.25, 0.3) is 0 Å². The van der Waals surface area contributed by atoms with Gasteiger partial charge < -0.3 is 0 Å². The second-order valence-electron chi connectivity index (χ2n) is 2.08. The van der Waals surface area contributed by atoms with Gasteiger partial charge >= 0.3 is 0 Å². The van der Waals surface area contributed by atoms with E-state index in [1.807, 2.05) is 18.2 Å². The monoisotopic (exact) mass is 188 g/mol. The summed E-state index contributed by atoms with van der Waals surface area (Å²) < 4.78 is 0. The summed E-state index contributed by atoms with van der Waals surface area (Å²) in [5.41, 5.74) is 0. The van der Waals surface area contributed by atoms with Crippen molar-refractivity contribution in [2.75, 3.05) is 18.5 Å². The van der Waals surface area contributed by atoms with E-state index in [0.29, 0.717) is 0 Å². The van der Waals surface area contributed by atoms with Gasteiger partial charge in [-0.25, -0.2) is 0 Å². The van der Waals surface area contributed by atoms with Crippen molar-refractivity contribution in [1.82, 2.24) is 0 Å². The molecule has 0 nitrogen and oxygen atoms in total. The predicted octanol–water partition coefficient (Wildman–Crippen LogP) is 3.14. The van der Waals surface area contributed by atoms with Crippen LogP contribution in [-0.2, 0) is 0 Å². The van der Waals surface area contributed by atoms with Gasteiger partial charge in [-0.15, -0.1) is 19.7 Å². The van der Waals surface area contributed by atoms with Crippen LogP contribution in [0.4, 0.5) is 0 Å². The summed E-state index contributed by atoms with van der Waals surface area (Å²) in [5.74, 6) is 0. The molecule has 0 aliphatic rings. The zero-order valence-corrected chi connectivity index (χ0v) is 8.82. The predicted molar refractivity (Wildman–Crippen MR) is 62.5 cm³/mol. The van der Waals surface area contributed by atoms with E-state index in [0.717, 1.165) is 18.5 Å². The van der Waals surface area contributed by atoms with E-state index in [4.69, 9.17) is 0 Å². The number of rotatable bonds is 6. The third kappa shape index (κ3) is 7.90. The van der Waals surface area contributed by atoms with Crippen LogP contribution >= 0.6 is 21.4 Å². The molecule has 11 heavy (non-hydrogen) atoms. The van der Waals surface area contributed by atoms with Crippen molar-refractivity contribution >= 4 is 21.4 Å². The summed E-state index contributed by atoms with van der Waals surface area (Å²) in [6.07, 6.45) is 9.35. The molecule has 0 aromatic rings. The van der Waals surface area contributed by atoms with Crippen LogP contribution in [0.1, 0.15) is 0 Å². The fourth-order valence-electron chi connectivity index (χ4n) is 0.771. The summed E-state index contributed by atoms with van der Waals surface area (Å²) in [5, 5.41) is 0. The van der Waals surface area contributed by atoms with E-state index < -0.39 is 0 Å². The maximum Gasteiger partial charge on any atom is -0.0142 e. The molecule has 0 atom stereocenters. The number of allylic oxidation sites excluding steroid dienone is 3. The average Bonchev–Trinajstić information content (AvgIpc) is 1.90. The van der Waals surface area contributed by atoms with Crippen molar-refractivity contribution < 1.29 is 0 Å². The SMILES string of the molecule is C=CCP(CC=C)CC=C.S. The smallest absolute Gasteiger partial charge is 0.0142 e. The van der Waals surface area contributed by atoms with Crippen LogP contribution in [0.5, 0.6) is 0 Å². The highest BCUT2D eigenvalue weighted by Gasteiger charge is 1.98. The Morgan fingerprint density at radius 3 is 1.27 bits per heavy atom. The molecule has 0 aromatic heterocycles. The Morgan fingerprint density at radius 1 is 0.818 bits per heavy atom. The lowest BCUT2D eigenvalue weighted by Gasteiger charge is -2.09. The zero-order valence-electron chi connectivity index (χ0n) is 6.92. The molecule has 0 radical (unpaired) electrons. The van der Waals surface area contributed by atoms with E-state index in [1.165, 1.54) is 0 Å². The lowest BCUT2D eigenvalue weighted by Crippen LogP contribution is -1.87. The van der Waals surface area contributed by atoms with Crippen LogP contribution in [0, 0.1) is 0 Å².